The van der Waals surface area contributed by atoms with Crippen molar-refractivity contribution in [3.05, 3.63) is 12.2 Å². The first-order chi connectivity index (χ1) is 7.68. The van der Waals surface area contributed by atoms with E-state index in [1.165, 1.54) is 0 Å². The number of rotatable bonds is 1. The van der Waals surface area contributed by atoms with Crippen LogP contribution in [0.4, 0.5) is 0 Å². The molecular formula is C13H21Cl3O. The van der Waals surface area contributed by atoms with Gasteiger partial charge in [0, 0.05) is 6.42 Å². The van der Waals surface area contributed by atoms with Crippen molar-refractivity contribution < 1.29 is 5.11 Å². The Hall–Kier alpha value is 0.570. The molecule has 2 unspecified atom stereocenters. The van der Waals surface area contributed by atoms with E-state index in [-0.39, 0.29) is 17.4 Å². The highest BCUT2D eigenvalue weighted by atomic mass is 35.6. The molecule has 0 amide bonds. The molecule has 1 aliphatic rings. The van der Waals surface area contributed by atoms with Gasteiger partial charge in [-0.05, 0) is 37.0 Å². The smallest absolute Gasteiger partial charge is 0.191 e. The highest BCUT2D eigenvalue weighted by molar-refractivity contribution is 6.67. The molecule has 1 aliphatic carbocycles. The van der Waals surface area contributed by atoms with Crippen LogP contribution in [0.15, 0.2) is 12.2 Å². The molecule has 0 saturated heterocycles. The normalized spacial score (nSPS) is 32.4. The monoisotopic (exact) mass is 298 g/mol. The second-order valence-electron chi connectivity index (χ2n) is 5.70. The number of aliphatic hydroxyl groups excluding tert-OH is 1. The number of alkyl halides is 3. The van der Waals surface area contributed by atoms with Crippen molar-refractivity contribution >= 4 is 34.8 Å². The number of aliphatic hydroxyl groups is 1. The average molecular weight is 300 g/mol. The van der Waals surface area contributed by atoms with Gasteiger partial charge >= 0.3 is 0 Å². The van der Waals surface area contributed by atoms with Crippen LogP contribution in [0.5, 0.6) is 0 Å². The minimum absolute atomic E-state index is 0.108. The summed E-state index contributed by atoms with van der Waals surface area (Å²) in [6.07, 6.45) is 8.13. The quantitative estimate of drug-likeness (QED) is 0.540. The van der Waals surface area contributed by atoms with E-state index in [2.05, 4.69) is 26.0 Å². The highest BCUT2D eigenvalue weighted by Gasteiger charge is 2.26. The molecule has 1 rings (SSSR count). The number of allylic oxidation sites excluding steroid dienone is 2. The molecule has 100 valence electrons. The van der Waals surface area contributed by atoms with Gasteiger partial charge in [-0.15, -0.1) is 0 Å². The van der Waals surface area contributed by atoms with Gasteiger partial charge in [-0.3, -0.25) is 0 Å². The summed E-state index contributed by atoms with van der Waals surface area (Å²) in [4.78, 5) is 0. The van der Waals surface area contributed by atoms with Crippen molar-refractivity contribution in [3.63, 3.8) is 0 Å². The van der Waals surface area contributed by atoms with Gasteiger partial charge in [0.1, 0.15) is 0 Å². The third kappa shape index (κ3) is 6.91. The van der Waals surface area contributed by atoms with E-state index in [1.54, 1.807) is 0 Å². The lowest BCUT2D eigenvalue weighted by Crippen LogP contribution is -2.13. The highest BCUT2D eigenvalue weighted by Crippen LogP contribution is 2.37. The molecule has 1 nitrogen and oxygen atoms in total. The van der Waals surface area contributed by atoms with Crippen LogP contribution in [-0.2, 0) is 0 Å². The molecule has 0 fully saturated rings. The van der Waals surface area contributed by atoms with E-state index < -0.39 is 3.79 Å². The summed E-state index contributed by atoms with van der Waals surface area (Å²) in [5.41, 5.74) is 0.108. The Morgan fingerprint density at radius 3 is 2.47 bits per heavy atom. The van der Waals surface area contributed by atoms with Gasteiger partial charge in [0.2, 0.25) is 0 Å². The Labute approximate surface area is 119 Å². The number of halogens is 3. The zero-order chi connectivity index (χ0) is 13.1. The van der Waals surface area contributed by atoms with E-state index in [0.717, 1.165) is 25.7 Å². The van der Waals surface area contributed by atoms with Crippen molar-refractivity contribution in [2.45, 2.75) is 55.8 Å². The van der Waals surface area contributed by atoms with Gasteiger partial charge in [-0.2, -0.15) is 0 Å². The molecule has 0 radical (unpaired) electrons. The summed E-state index contributed by atoms with van der Waals surface area (Å²) < 4.78 is -1.21. The minimum atomic E-state index is -1.21. The molecule has 0 aliphatic heterocycles. The van der Waals surface area contributed by atoms with E-state index in [0.29, 0.717) is 6.42 Å². The maximum Gasteiger partial charge on any atom is 0.191 e. The van der Waals surface area contributed by atoms with Crippen LogP contribution < -0.4 is 0 Å². The summed E-state index contributed by atoms with van der Waals surface area (Å²) in [5.74, 6) is 0.231. The fourth-order valence-electron chi connectivity index (χ4n) is 2.13. The molecule has 17 heavy (non-hydrogen) atoms. The Morgan fingerprint density at radius 2 is 1.88 bits per heavy atom. The zero-order valence-electron chi connectivity index (χ0n) is 10.4. The lowest BCUT2D eigenvalue weighted by Gasteiger charge is -2.21. The second-order valence-corrected chi connectivity index (χ2v) is 8.21. The van der Waals surface area contributed by atoms with Gasteiger partial charge in [0.15, 0.2) is 3.79 Å². The van der Waals surface area contributed by atoms with Crippen LogP contribution in [0, 0.1) is 11.3 Å². The summed E-state index contributed by atoms with van der Waals surface area (Å²) in [6.45, 7) is 4.35. The molecule has 0 bridgehead atoms. The van der Waals surface area contributed by atoms with Crippen molar-refractivity contribution in [2.24, 2.45) is 11.3 Å². The summed E-state index contributed by atoms with van der Waals surface area (Å²) in [6, 6.07) is 0. The standard InChI is InChI=1S/C13H21Cl3O/c1-12(2)7-5-10(9-13(14,15)16)3-4-11(17)6-8-12/h5,7,10-11,17H,3-4,6,8-9H2,1-2H3/b7-5+. The van der Waals surface area contributed by atoms with Crippen molar-refractivity contribution in [1.82, 2.24) is 0 Å². The van der Waals surface area contributed by atoms with Crippen LogP contribution >= 0.6 is 34.8 Å². The predicted octanol–water partition coefficient (Wildman–Crippen LogP) is 4.88. The molecule has 0 saturated carbocycles. The summed E-state index contributed by atoms with van der Waals surface area (Å²) >= 11 is 17.5. The molecular weight excluding hydrogens is 279 g/mol. The third-order valence-corrected chi connectivity index (χ3v) is 3.77. The average Bonchev–Trinajstić information content (AvgIpc) is 2.21. The van der Waals surface area contributed by atoms with Gasteiger partial charge in [-0.1, -0.05) is 60.8 Å². The Morgan fingerprint density at radius 1 is 1.24 bits per heavy atom. The van der Waals surface area contributed by atoms with Crippen molar-refractivity contribution in [3.8, 4) is 0 Å². The maximum absolute atomic E-state index is 9.86. The second kappa shape index (κ2) is 6.14. The fraction of sp³-hybridized carbons (Fsp3) is 0.846. The van der Waals surface area contributed by atoms with Crippen molar-refractivity contribution in [1.29, 1.82) is 0 Å². The van der Waals surface area contributed by atoms with Crippen LogP contribution in [-0.4, -0.2) is 15.0 Å². The first-order valence-corrected chi connectivity index (χ1v) is 7.25. The lowest BCUT2D eigenvalue weighted by molar-refractivity contribution is 0.136. The summed E-state index contributed by atoms with van der Waals surface area (Å²) in [5, 5.41) is 9.86. The van der Waals surface area contributed by atoms with E-state index in [4.69, 9.17) is 34.8 Å². The van der Waals surface area contributed by atoms with Gasteiger partial charge in [0.05, 0.1) is 6.10 Å². The van der Waals surface area contributed by atoms with Crippen LogP contribution in [0.3, 0.4) is 0 Å². The first kappa shape index (κ1) is 15.6. The summed E-state index contributed by atoms with van der Waals surface area (Å²) in [7, 11) is 0. The number of hydrogen-bond acceptors (Lipinski definition) is 1. The molecule has 0 aromatic heterocycles. The molecule has 4 heteroatoms. The van der Waals surface area contributed by atoms with Crippen LogP contribution in [0.1, 0.15) is 46.0 Å². The van der Waals surface area contributed by atoms with E-state index in [9.17, 15) is 5.11 Å². The molecule has 0 aromatic carbocycles. The molecule has 1 N–H and O–H groups in total. The predicted molar refractivity (Wildman–Crippen MR) is 75.8 cm³/mol. The SMILES string of the molecule is CC1(C)/C=C/C(CC(Cl)(Cl)Cl)CCC(O)CC1. The maximum atomic E-state index is 9.86. The van der Waals surface area contributed by atoms with E-state index >= 15 is 0 Å². The van der Waals surface area contributed by atoms with Gasteiger partial charge < -0.3 is 5.11 Å². The minimum Gasteiger partial charge on any atom is -0.393 e. The Balaban J connectivity index is 2.72. The lowest BCUT2D eigenvalue weighted by atomic mass is 9.86. The third-order valence-electron chi connectivity index (χ3n) is 3.31. The topological polar surface area (TPSA) is 20.2 Å². The Kier molecular flexibility index (Phi) is 5.65. The molecule has 0 spiro atoms. The number of hydrogen-bond donors (Lipinski definition) is 1. The molecule has 0 aromatic rings. The van der Waals surface area contributed by atoms with Crippen LogP contribution in [0.25, 0.3) is 0 Å². The molecule has 0 heterocycles. The van der Waals surface area contributed by atoms with E-state index in [1.807, 2.05) is 0 Å². The largest absolute Gasteiger partial charge is 0.393 e. The van der Waals surface area contributed by atoms with Crippen molar-refractivity contribution in [2.75, 3.05) is 0 Å². The van der Waals surface area contributed by atoms with Gasteiger partial charge in [0.25, 0.3) is 0 Å². The molecule has 2 atom stereocenters. The van der Waals surface area contributed by atoms with Crippen LogP contribution in [0.2, 0.25) is 0 Å². The zero-order valence-corrected chi connectivity index (χ0v) is 12.7. The Bertz CT molecular complexity index is 268. The fourth-order valence-corrected chi connectivity index (χ4v) is 2.73. The first-order valence-electron chi connectivity index (χ1n) is 6.12. The van der Waals surface area contributed by atoms with Gasteiger partial charge in [-0.25, -0.2) is 0 Å².